The summed E-state index contributed by atoms with van der Waals surface area (Å²) in [6.07, 6.45) is -4.79. The summed E-state index contributed by atoms with van der Waals surface area (Å²) < 4.78 is 41.3. The molecule has 0 radical (unpaired) electrons. The molecule has 0 atom stereocenters. The van der Waals surface area contributed by atoms with Crippen LogP contribution in [0.1, 0.15) is 27.0 Å². The van der Waals surface area contributed by atoms with Crippen LogP contribution in [0, 0.1) is 11.3 Å². The molecule has 1 aromatic heterocycles. The molecule has 0 saturated carbocycles. The molecule has 0 aliphatic carbocycles. The number of hydrogen-bond donors (Lipinski definition) is 1. The highest BCUT2D eigenvalue weighted by Gasteiger charge is 2.36. The van der Waals surface area contributed by atoms with Crippen molar-refractivity contribution in [3.8, 4) is 17.3 Å². The molecule has 0 aliphatic heterocycles. The summed E-state index contributed by atoms with van der Waals surface area (Å²) in [5, 5.41) is 11.9. The van der Waals surface area contributed by atoms with Crippen molar-refractivity contribution in [3.63, 3.8) is 0 Å². The van der Waals surface area contributed by atoms with Gasteiger partial charge in [-0.05, 0) is 18.2 Å². The molecular formula is C28H18F3N3O2S. The molecule has 0 unspecified atom stereocenters. The van der Waals surface area contributed by atoms with Gasteiger partial charge in [0.15, 0.2) is 5.78 Å². The first-order chi connectivity index (χ1) is 17.8. The minimum absolute atomic E-state index is 0.0358. The molecule has 4 rings (SSSR count). The molecule has 184 valence electrons. The van der Waals surface area contributed by atoms with Gasteiger partial charge < -0.3 is 5.32 Å². The predicted octanol–water partition coefficient (Wildman–Crippen LogP) is 6.60. The molecule has 1 N–H and O–H groups in total. The van der Waals surface area contributed by atoms with Gasteiger partial charge in [-0.1, -0.05) is 84.6 Å². The summed E-state index contributed by atoms with van der Waals surface area (Å²) in [5.41, 5.74) is -0.308. The van der Waals surface area contributed by atoms with Crippen LogP contribution >= 0.6 is 11.8 Å². The smallest absolute Gasteiger partial charge is 0.325 e. The van der Waals surface area contributed by atoms with Crippen molar-refractivity contribution in [2.24, 2.45) is 0 Å². The maximum absolute atomic E-state index is 13.8. The van der Waals surface area contributed by atoms with Gasteiger partial charge in [0.05, 0.1) is 28.3 Å². The van der Waals surface area contributed by atoms with Gasteiger partial charge in [-0.15, -0.1) is 0 Å². The second kappa shape index (κ2) is 11.1. The van der Waals surface area contributed by atoms with Crippen molar-refractivity contribution in [3.05, 3.63) is 113 Å². The Kier molecular flexibility index (Phi) is 7.70. The molecule has 0 bridgehead atoms. The quantitative estimate of drug-likeness (QED) is 0.221. The number of carbonyl (C=O) groups is 2. The Hall–Kier alpha value is -4.42. The number of nitrogens with one attached hydrogen (secondary N) is 1. The van der Waals surface area contributed by atoms with Crippen LogP contribution in [0.3, 0.4) is 0 Å². The minimum atomic E-state index is -4.79. The van der Waals surface area contributed by atoms with E-state index in [9.17, 15) is 28.0 Å². The van der Waals surface area contributed by atoms with Gasteiger partial charge in [0.2, 0.25) is 5.91 Å². The van der Waals surface area contributed by atoms with Crippen LogP contribution < -0.4 is 5.32 Å². The number of carbonyl (C=O) groups excluding carboxylic acids is 2. The fourth-order valence-electron chi connectivity index (χ4n) is 3.57. The van der Waals surface area contributed by atoms with Crippen molar-refractivity contribution in [1.29, 1.82) is 5.26 Å². The number of ketones is 1. The first kappa shape index (κ1) is 25.7. The van der Waals surface area contributed by atoms with Crippen molar-refractivity contribution in [2.75, 3.05) is 11.1 Å². The Labute approximate surface area is 215 Å². The van der Waals surface area contributed by atoms with Gasteiger partial charge in [-0.3, -0.25) is 9.59 Å². The number of nitriles is 1. The molecule has 1 amide bonds. The van der Waals surface area contributed by atoms with Crippen LogP contribution in [0.25, 0.3) is 11.3 Å². The van der Waals surface area contributed by atoms with Crippen LogP contribution in [0.5, 0.6) is 0 Å². The average Bonchev–Trinajstić information content (AvgIpc) is 2.91. The molecule has 0 spiro atoms. The van der Waals surface area contributed by atoms with Crippen LogP contribution in [0.4, 0.5) is 18.9 Å². The summed E-state index contributed by atoms with van der Waals surface area (Å²) in [7, 11) is 0. The molecule has 0 saturated heterocycles. The largest absolute Gasteiger partial charge is 0.417 e. The van der Waals surface area contributed by atoms with Crippen LogP contribution in [-0.2, 0) is 11.0 Å². The van der Waals surface area contributed by atoms with Crippen molar-refractivity contribution >= 4 is 29.1 Å². The van der Waals surface area contributed by atoms with E-state index in [2.05, 4.69) is 10.3 Å². The zero-order valence-corrected chi connectivity index (χ0v) is 19.9. The second-order valence-corrected chi connectivity index (χ2v) is 8.75. The number of benzene rings is 3. The Bertz CT molecular complexity index is 1480. The van der Waals surface area contributed by atoms with E-state index < -0.39 is 23.2 Å². The number of aromatic nitrogens is 1. The van der Waals surface area contributed by atoms with Gasteiger partial charge in [0, 0.05) is 16.7 Å². The lowest BCUT2D eigenvalue weighted by Crippen LogP contribution is -2.17. The lowest BCUT2D eigenvalue weighted by Gasteiger charge is -2.14. The monoisotopic (exact) mass is 517 g/mol. The van der Waals surface area contributed by atoms with Crippen molar-refractivity contribution < 1.29 is 22.8 Å². The number of rotatable bonds is 7. The topological polar surface area (TPSA) is 82.8 Å². The molecule has 37 heavy (non-hydrogen) atoms. The Morgan fingerprint density at radius 1 is 0.919 bits per heavy atom. The Morgan fingerprint density at radius 3 is 2.19 bits per heavy atom. The SMILES string of the molecule is N#Cc1c(C(F)(F)F)cc(-c2ccccc2)nc1SCC(=O)Nc1ccccc1C(=O)c1ccccc1. The highest BCUT2D eigenvalue weighted by Crippen LogP contribution is 2.38. The van der Waals surface area contributed by atoms with E-state index in [0.29, 0.717) is 11.1 Å². The summed E-state index contributed by atoms with van der Waals surface area (Å²) >= 11 is 0.718. The number of nitrogens with zero attached hydrogens (tertiary/aromatic N) is 2. The van der Waals surface area contributed by atoms with E-state index in [-0.39, 0.29) is 33.5 Å². The van der Waals surface area contributed by atoms with Crippen LogP contribution in [-0.4, -0.2) is 22.4 Å². The number of amides is 1. The van der Waals surface area contributed by atoms with E-state index in [4.69, 9.17) is 0 Å². The lowest BCUT2D eigenvalue weighted by atomic mass is 10.0. The zero-order valence-electron chi connectivity index (χ0n) is 19.1. The molecule has 0 fully saturated rings. The third kappa shape index (κ3) is 6.05. The maximum atomic E-state index is 13.8. The molecule has 5 nitrogen and oxygen atoms in total. The number of pyridine rings is 1. The fourth-order valence-corrected chi connectivity index (χ4v) is 4.37. The molecule has 4 aromatic rings. The van der Waals surface area contributed by atoms with Gasteiger partial charge in [-0.25, -0.2) is 4.98 Å². The molecule has 3 aromatic carbocycles. The number of anilines is 1. The van der Waals surface area contributed by atoms with Crippen LogP contribution in [0.2, 0.25) is 0 Å². The van der Waals surface area contributed by atoms with E-state index in [1.807, 2.05) is 0 Å². The third-order valence-corrected chi connectivity index (χ3v) is 6.27. The predicted molar refractivity (Wildman–Crippen MR) is 135 cm³/mol. The summed E-state index contributed by atoms with van der Waals surface area (Å²) in [5.74, 6) is -1.18. The molecule has 0 aliphatic rings. The normalized spacial score (nSPS) is 11.0. The van der Waals surface area contributed by atoms with E-state index >= 15 is 0 Å². The molecular weight excluding hydrogens is 499 g/mol. The number of hydrogen-bond acceptors (Lipinski definition) is 5. The standard InChI is InChI=1S/C28H18F3N3O2S/c29-28(30,31)22-15-24(18-9-3-1-4-10-18)34-27(21(22)16-32)37-17-25(35)33-23-14-8-7-13-20(23)26(36)19-11-5-2-6-12-19/h1-15H,17H2,(H,33,35). The maximum Gasteiger partial charge on any atom is 0.417 e. The first-order valence-electron chi connectivity index (χ1n) is 11.0. The zero-order chi connectivity index (χ0) is 26.4. The van der Waals surface area contributed by atoms with Gasteiger partial charge >= 0.3 is 6.18 Å². The van der Waals surface area contributed by atoms with Crippen LogP contribution in [0.15, 0.2) is 96.0 Å². The Balaban J connectivity index is 1.59. The minimum Gasteiger partial charge on any atom is -0.325 e. The summed E-state index contributed by atoms with van der Waals surface area (Å²) in [4.78, 5) is 29.9. The first-order valence-corrected chi connectivity index (χ1v) is 12.0. The number of halogens is 3. The van der Waals surface area contributed by atoms with Gasteiger partial charge in [-0.2, -0.15) is 18.4 Å². The van der Waals surface area contributed by atoms with E-state index in [1.165, 1.54) is 0 Å². The average molecular weight is 518 g/mol. The highest BCUT2D eigenvalue weighted by molar-refractivity contribution is 8.00. The third-order valence-electron chi connectivity index (χ3n) is 5.29. The van der Waals surface area contributed by atoms with E-state index in [0.717, 1.165) is 17.8 Å². The highest BCUT2D eigenvalue weighted by atomic mass is 32.2. The number of alkyl halides is 3. The summed E-state index contributed by atoms with van der Waals surface area (Å²) in [6, 6.07) is 25.7. The van der Waals surface area contributed by atoms with E-state index in [1.54, 1.807) is 91.0 Å². The number of para-hydroxylation sites is 1. The second-order valence-electron chi connectivity index (χ2n) is 7.79. The Morgan fingerprint density at radius 2 is 1.54 bits per heavy atom. The summed E-state index contributed by atoms with van der Waals surface area (Å²) in [6.45, 7) is 0. The molecule has 9 heteroatoms. The molecule has 1 heterocycles. The van der Waals surface area contributed by atoms with Gasteiger partial charge in [0.1, 0.15) is 11.1 Å². The van der Waals surface area contributed by atoms with Crippen molar-refractivity contribution in [2.45, 2.75) is 11.2 Å². The van der Waals surface area contributed by atoms with Crippen molar-refractivity contribution in [1.82, 2.24) is 4.98 Å². The fraction of sp³-hybridized carbons (Fsp3) is 0.0714. The number of thioether (sulfide) groups is 1. The van der Waals surface area contributed by atoms with Gasteiger partial charge in [0.25, 0.3) is 0 Å². The lowest BCUT2D eigenvalue weighted by molar-refractivity contribution is -0.138.